The molecule has 0 aromatic carbocycles. The van der Waals surface area contributed by atoms with Crippen molar-refractivity contribution in [2.75, 3.05) is 0 Å². The Morgan fingerprint density at radius 2 is 2.18 bits per heavy atom. The van der Waals surface area contributed by atoms with Crippen molar-refractivity contribution in [1.82, 2.24) is 10.3 Å². The molecule has 2 rings (SSSR count). The van der Waals surface area contributed by atoms with E-state index in [1.54, 1.807) is 11.3 Å². The Hall–Kier alpha value is -1.10. The number of hydrogen-bond donors (Lipinski definition) is 2. The summed E-state index contributed by atoms with van der Waals surface area (Å²) in [5.41, 5.74) is 6.96. The minimum Gasteiger partial charge on any atom is -0.370 e. The zero-order valence-corrected chi connectivity index (χ0v) is 11.3. The average Bonchev–Trinajstić information content (AvgIpc) is 2.86. The normalized spacial score (nSPS) is 17.6. The summed E-state index contributed by atoms with van der Waals surface area (Å²) in [7, 11) is 0. The first-order chi connectivity index (χ1) is 8.15. The Bertz CT molecular complexity index is 405. The number of aliphatic imine (C=N–C) groups is 1. The van der Waals surface area contributed by atoms with Gasteiger partial charge in [-0.15, -0.1) is 11.3 Å². The molecule has 1 aromatic heterocycles. The van der Waals surface area contributed by atoms with Crippen LogP contribution < -0.4 is 11.1 Å². The highest BCUT2D eigenvalue weighted by Crippen LogP contribution is 2.19. The topological polar surface area (TPSA) is 63.3 Å². The minimum absolute atomic E-state index is 0.531. The van der Waals surface area contributed by atoms with Crippen molar-refractivity contribution in [3.63, 3.8) is 0 Å². The molecule has 0 radical (unpaired) electrons. The van der Waals surface area contributed by atoms with E-state index in [-0.39, 0.29) is 0 Å². The molecule has 0 amide bonds. The van der Waals surface area contributed by atoms with Crippen molar-refractivity contribution in [2.24, 2.45) is 10.7 Å². The van der Waals surface area contributed by atoms with Gasteiger partial charge < -0.3 is 11.1 Å². The van der Waals surface area contributed by atoms with E-state index < -0.39 is 0 Å². The average molecular weight is 252 g/mol. The lowest BCUT2D eigenvalue weighted by atomic mass is 10.2. The maximum atomic E-state index is 5.88. The second kappa shape index (κ2) is 5.49. The number of aromatic nitrogens is 1. The Morgan fingerprint density at radius 1 is 1.47 bits per heavy atom. The highest BCUT2D eigenvalue weighted by molar-refractivity contribution is 7.11. The van der Waals surface area contributed by atoms with Gasteiger partial charge in [0.05, 0.1) is 17.2 Å². The number of thiazole rings is 1. The summed E-state index contributed by atoms with van der Waals surface area (Å²) in [6.45, 7) is 4.68. The number of rotatable bonds is 3. The van der Waals surface area contributed by atoms with Crippen LogP contribution in [0.25, 0.3) is 0 Å². The number of nitrogens with two attached hydrogens (primary N) is 1. The lowest BCUT2D eigenvalue weighted by molar-refractivity contribution is 0.625. The van der Waals surface area contributed by atoms with E-state index in [9.17, 15) is 0 Å². The van der Waals surface area contributed by atoms with Gasteiger partial charge in [0.1, 0.15) is 0 Å². The van der Waals surface area contributed by atoms with Gasteiger partial charge in [0, 0.05) is 10.9 Å². The van der Waals surface area contributed by atoms with E-state index >= 15 is 0 Å². The van der Waals surface area contributed by atoms with Crippen molar-refractivity contribution in [3.05, 3.63) is 15.6 Å². The standard InChI is InChI=1S/C12H20N4S/c1-8-11(17-9(2)15-8)7-14-12(13)16-10-5-3-4-6-10/h10H,3-7H2,1-2H3,(H3,13,14,16). The number of nitrogens with zero attached hydrogens (tertiary/aromatic N) is 2. The number of nitrogens with one attached hydrogen (secondary N) is 1. The van der Waals surface area contributed by atoms with Gasteiger partial charge in [0.25, 0.3) is 0 Å². The molecule has 5 heteroatoms. The predicted molar refractivity (Wildman–Crippen MR) is 72.3 cm³/mol. The molecule has 1 aliphatic carbocycles. The first-order valence-corrected chi connectivity index (χ1v) is 6.96. The molecule has 1 aromatic rings. The van der Waals surface area contributed by atoms with Crippen LogP contribution in [-0.4, -0.2) is 17.0 Å². The number of guanidine groups is 1. The Labute approximate surface area is 106 Å². The van der Waals surface area contributed by atoms with Crippen molar-refractivity contribution < 1.29 is 0 Å². The van der Waals surface area contributed by atoms with Gasteiger partial charge in [-0.2, -0.15) is 0 Å². The zero-order valence-electron chi connectivity index (χ0n) is 10.5. The van der Waals surface area contributed by atoms with E-state index in [2.05, 4.69) is 15.3 Å². The first kappa shape index (κ1) is 12.4. The van der Waals surface area contributed by atoms with Gasteiger partial charge in [0.15, 0.2) is 5.96 Å². The Morgan fingerprint density at radius 3 is 2.76 bits per heavy atom. The SMILES string of the molecule is Cc1nc(C)c(CN=C(N)NC2CCCC2)s1. The van der Waals surface area contributed by atoms with Gasteiger partial charge >= 0.3 is 0 Å². The molecule has 0 atom stereocenters. The molecular formula is C12H20N4S. The van der Waals surface area contributed by atoms with E-state index in [0.717, 1.165) is 10.7 Å². The van der Waals surface area contributed by atoms with Gasteiger partial charge in [-0.3, -0.25) is 0 Å². The van der Waals surface area contributed by atoms with Crippen LogP contribution in [0.1, 0.15) is 41.3 Å². The molecule has 94 valence electrons. The quantitative estimate of drug-likeness (QED) is 0.639. The Balaban J connectivity index is 1.88. The molecule has 1 fully saturated rings. The summed E-state index contributed by atoms with van der Waals surface area (Å²) in [6, 6.07) is 0.531. The summed E-state index contributed by atoms with van der Waals surface area (Å²) in [5.74, 6) is 0.572. The summed E-state index contributed by atoms with van der Waals surface area (Å²) >= 11 is 1.70. The highest BCUT2D eigenvalue weighted by atomic mass is 32.1. The molecular weight excluding hydrogens is 232 g/mol. The fraction of sp³-hybridized carbons (Fsp3) is 0.667. The van der Waals surface area contributed by atoms with E-state index in [1.807, 2.05) is 13.8 Å². The molecule has 1 saturated carbocycles. The molecule has 4 nitrogen and oxygen atoms in total. The summed E-state index contributed by atoms with van der Waals surface area (Å²) in [4.78, 5) is 9.97. The largest absolute Gasteiger partial charge is 0.370 e. The zero-order chi connectivity index (χ0) is 12.3. The second-order valence-corrected chi connectivity index (χ2v) is 5.86. The van der Waals surface area contributed by atoms with Gasteiger partial charge in [0.2, 0.25) is 0 Å². The van der Waals surface area contributed by atoms with Crippen molar-refractivity contribution >= 4 is 17.3 Å². The smallest absolute Gasteiger partial charge is 0.189 e. The minimum atomic E-state index is 0.531. The van der Waals surface area contributed by atoms with Gasteiger partial charge in [-0.1, -0.05) is 12.8 Å². The Kier molecular flexibility index (Phi) is 3.99. The third-order valence-corrected chi connectivity index (χ3v) is 4.16. The van der Waals surface area contributed by atoms with Crippen LogP contribution >= 0.6 is 11.3 Å². The van der Waals surface area contributed by atoms with Crippen LogP contribution in [-0.2, 0) is 6.54 Å². The van der Waals surface area contributed by atoms with E-state index in [0.29, 0.717) is 18.5 Å². The van der Waals surface area contributed by atoms with Crippen molar-refractivity contribution in [1.29, 1.82) is 0 Å². The highest BCUT2D eigenvalue weighted by Gasteiger charge is 2.14. The second-order valence-electron chi connectivity index (χ2n) is 4.57. The van der Waals surface area contributed by atoms with Crippen molar-refractivity contribution in [2.45, 2.75) is 52.1 Å². The lowest BCUT2D eigenvalue weighted by Gasteiger charge is -2.11. The monoisotopic (exact) mass is 252 g/mol. The molecule has 0 saturated heterocycles. The lowest BCUT2D eigenvalue weighted by Crippen LogP contribution is -2.38. The van der Waals surface area contributed by atoms with Gasteiger partial charge in [-0.25, -0.2) is 9.98 Å². The third kappa shape index (κ3) is 3.43. The molecule has 0 spiro atoms. The summed E-state index contributed by atoms with van der Waals surface area (Å²) < 4.78 is 0. The fourth-order valence-corrected chi connectivity index (χ4v) is 3.06. The molecule has 1 aliphatic rings. The molecule has 0 unspecified atom stereocenters. The predicted octanol–water partition coefficient (Wildman–Crippen LogP) is 2.11. The molecule has 3 N–H and O–H groups in total. The van der Waals surface area contributed by atoms with Crippen LogP contribution in [0.2, 0.25) is 0 Å². The van der Waals surface area contributed by atoms with Crippen LogP contribution in [0.5, 0.6) is 0 Å². The van der Waals surface area contributed by atoms with Crippen LogP contribution in [0.15, 0.2) is 4.99 Å². The fourth-order valence-electron chi connectivity index (χ4n) is 2.20. The molecule has 0 aliphatic heterocycles. The summed E-state index contributed by atoms with van der Waals surface area (Å²) in [6.07, 6.45) is 5.04. The van der Waals surface area contributed by atoms with E-state index in [1.165, 1.54) is 30.6 Å². The molecule has 0 bridgehead atoms. The first-order valence-electron chi connectivity index (χ1n) is 6.14. The van der Waals surface area contributed by atoms with Crippen LogP contribution in [0, 0.1) is 13.8 Å². The molecule has 1 heterocycles. The number of hydrogen-bond acceptors (Lipinski definition) is 3. The van der Waals surface area contributed by atoms with Gasteiger partial charge in [-0.05, 0) is 26.7 Å². The number of aryl methyl sites for hydroxylation is 2. The maximum absolute atomic E-state index is 5.88. The summed E-state index contributed by atoms with van der Waals surface area (Å²) in [5, 5.41) is 4.38. The van der Waals surface area contributed by atoms with E-state index in [4.69, 9.17) is 5.73 Å². The van der Waals surface area contributed by atoms with Crippen molar-refractivity contribution in [3.8, 4) is 0 Å². The van der Waals surface area contributed by atoms with Crippen LogP contribution in [0.4, 0.5) is 0 Å². The third-order valence-electron chi connectivity index (χ3n) is 3.10. The molecule has 17 heavy (non-hydrogen) atoms. The van der Waals surface area contributed by atoms with Crippen LogP contribution in [0.3, 0.4) is 0 Å². The maximum Gasteiger partial charge on any atom is 0.189 e.